The number of nitrogens with zero attached hydrogens (tertiary/aromatic N) is 4. The number of hydrogen-bond donors (Lipinski definition) is 1. The van der Waals surface area contributed by atoms with E-state index >= 15 is 0 Å². The largest absolute Gasteiger partial charge is 0.353 e. The first-order valence-electron chi connectivity index (χ1n) is 12.0. The Kier molecular flexibility index (Phi) is 6.94. The van der Waals surface area contributed by atoms with Crippen LogP contribution < -0.4 is 10.9 Å². The van der Waals surface area contributed by atoms with E-state index in [1.807, 2.05) is 40.4 Å². The molecule has 3 aromatic rings. The maximum atomic E-state index is 12.9. The number of rotatable bonds is 8. The highest BCUT2D eigenvalue weighted by Gasteiger charge is 2.24. The molecule has 32 heavy (non-hydrogen) atoms. The summed E-state index contributed by atoms with van der Waals surface area (Å²) in [6.45, 7) is 8.11. The second-order valence-electron chi connectivity index (χ2n) is 9.08. The molecule has 1 saturated carbocycles. The summed E-state index contributed by atoms with van der Waals surface area (Å²) in [6, 6.07) is 10.5. The van der Waals surface area contributed by atoms with Gasteiger partial charge in [0.2, 0.25) is 5.91 Å². The van der Waals surface area contributed by atoms with Crippen molar-refractivity contribution in [3.8, 4) is 0 Å². The van der Waals surface area contributed by atoms with Crippen molar-refractivity contribution in [2.75, 3.05) is 13.1 Å². The predicted molar refractivity (Wildman–Crippen MR) is 128 cm³/mol. The minimum Gasteiger partial charge on any atom is -0.353 e. The van der Waals surface area contributed by atoms with Crippen molar-refractivity contribution < 1.29 is 4.79 Å². The average molecular weight is 438 g/mol. The zero-order valence-electron chi connectivity index (χ0n) is 19.5. The second kappa shape index (κ2) is 9.86. The Morgan fingerprint density at radius 1 is 1.25 bits per heavy atom. The van der Waals surface area contributed by atoms with Crippen molar-refractivity contribution in [3.63, 3.8) is 0 Å². The van der Waals surface area contributed by atoms with Gasteiger partial charge < -0.3 is 5.32 Å². The third-order valence-electron chi connectivity index (χ3n) is 6.93. The fourth-order valence-corrected chi connectivity index (χ4v) is 5.15. The lowest BCUT2D eigenvalue weighted by Crippen LogP contribution is -2.46. The first-order chi connectivity index (χ1) is 15.5. The molecule has 1 fully saturated rings. The minimum absolute atomic E-state index is 0.0292. The molecule has 1 aliphatic rings. The van der Waals surface area contributed by atoms with Crippen LogP contribution in [0.2, 0.25) is 0 Å². The van der Waals surface area contributed by atoms with Crippen LogP contribution in [0.4, 0.5) is 0 Å². The fraction of sp³-hybridized carbons (Fsp3) is 0.560. The fourth-order valence-electron chi connectivity index (χ4n) is 5.15. The standard InChI is InChI=1S/C25H35N5O2/c1-4-18(2)28(20-10-6-5-7-11-20)15-14-26-24(32)17-29-22-13-9-8-12-21(22)25-27-23(31)16-19(3)30(25)29/h8-9,12-13,16,18,20H,4-7,10-11,14-15,17H2,1-3H3,(H,26,32). The van der Waals surface area contributed by atoms with Crippen molar-refractivity contribution in [2.24, 2.45) is 0 Å². The van der Waals surface area contributed by atoms with E-state index in [2.05, 4.69) is 29.0 Å². The van der Waals surface area contributed by atoms with Crippen LogP contribution in [-0.2, 0) is 11.3 Å². The summed E-state index contributed by atoms with van der Waals surface area (Å²) in [5.41, 5.74) is 2.00. The van der Waals surface area contributed by atoms with Gasteiger partial charge in [-0.05, 0) is 45.2 Å². The third kappa shape index (κ3) is 4.58. The van der Waals surface area contributed by atoms with Gasteiger partial charge in [-0.25, -0.2) is 4.52 Å². The average Bonchev–Trinajstić information content (AvgIpc) is 3.10. The number of fused-ring (bicyclic) bond motifs is 3. The van der Waals surface area contributed by atoms with Crippen LogP contribution >= 0.6 is 0 Å². The summed E-state index contributed by atoms with van der Waals surface area (Å²) in [6.07, 6.45) is 7.63. The van der Waals surface area contributed by atoms with Gasteiger partial charge in [0.25, 0.3) is 5.56 Å². The molecule has 7 nitrogen and oxygen atoms in total. The summed E-state index contributed by atoms with van der Waals surface area (Å²) in [4.78, 5) is 31.7. The highest BCUT2D eigenvalue weighted by molar-refractivity contribution is 5.93. The van der Waals surface area contributed by atoms with E-state index in [9.17, 15) is 9.59 Å². The summed E-state index contributed by atoms with van der Waals surface area (Å²) in [5.74, 6) is -0.0292. The normalized spacial score (nSPS) is 16.1. The Hall–Kier alpha value is -2.67. The van der Waals surface area contributed by atoms with Gasteiger partial charge in [0.05, 0.1) is 5.52 Å². The van der Waals surface area contributed by atoms with Crippen LogP contribution in [0.5, 0.6) is 0 Å². The number of benzene rings is 1. The first-order valence-corrected chi connectivity index (χ1v) is 12.0. The van der Waals surface area contributed by atoms with Crippen molar-refractivity contribution in [1.82, 2.24) is 24.4 Å². The van der Waals surface area contributed by atoms with Gasteiger partial charge in [-0.1, -0.05) is 38.3 Å². The molecule has 0 radical (unpaired) electrons. The van der Waals surface area contributed by atoms with Gasteiger partial charge in [-0.15, -0.1) is 0 Å². The van der Waals surface area contributed by atoms with Gasteiger partial charge >= 0.3 is 0 Å². The van der Waals surface area contributed by atoms with Crippen LogP contribution in [0.1, 0.15) is 58.1 Å². The Labute approximate surface area is 189 Å². The zero-order valence-corrected chi connectivity index (χ0v) is 19.5. The van der Waals surface area contributed by atoms with Crippen molar-refractivity contribution in [3.05, 3.63) is 46.4 Å². The predicted octanol–water partition coefficient (Wildman–Crippen LogP) is 3.51. The smallest absolute Gasteiger partial charge is 0.273 e. The Morgan fingerprint density at radius 3 is 2.75 bits per heavy atom. The number of nitrogens with one attached hydrogen (secondary N) is 1. The number of hydrogen-bond acceptors (Lipinski definition) is 4. The Balaban J connectivity index is 1.48. The number of aromatic nitrogens is 3. The SMILES string of the molecule is CCC(C)N(CCNC(=O)Cn1c2ccccc2c2nc(=O)cc(C)n21)C1CCCCC1. The maximum absolute atomic E-state index is 12.9. The molecule has 4 rings (SSSR count). The van der Waals surface area contributed by atoms with Crippen molar-refractivity contribution in [1.29, 1.82) is 0 Å². The van der Waals surface area contributed by atoms with E-state index in [1.54, 1.807) is 0 Å². The topological polar surface area (TPSA) is 71.6 Å². The van der Waals surface area contributed by atoms with E-state index < -0.39 is 0 Å². The van der Waals surface area contributed by atoms with E-state index in [4.69, 9.17) is 0 Å². The summed E-state index contributed by atoms with van der Waals surface area (Å²) < 4.78 is 3.79. The van der Waals surface area contributed by atoms with E-state index in [0.29, 0.717) is 24.3 Å². The molecule has 1 N–H and O–H groups in total. The lowest BCUT2D eigenvalue weighted by Gasteiger charge is -2.38. The Bertz CT molecular complexity index is 1140. The lowest BCUT2D eigenvalue weighted by molar-refractivity contribution is -0.121. The molecule has 0 saturated heterocycles. The summed E-state index contributed by atoms with van der Waals surface area (Å²) in [5, 5.41) is 4.01. The molecule has 2 heterocycles. The first kappa shape index (κ1) is 22.5. The summed E-state index contributed by atoms with van der Waals surface area (Å²) >= 11 is 0. The van der Waals surface area contributed by atoms with Crippen LogP contribution in [0.25, 0.3) is 16.6 Å². The molecule has 1 unspecified atom stereocenters. The van der Waals surface area contributed by atoms with Gasteiger partial charge in [-0.2, -0.15) is 4.98 Å². The van der Waals surface area contributed by atoms with E-state index in [-0.39, 0.29) is 18.0 Å². The molecule has 1 amide bonds. The van der Waals surface area contributed by atoms with Crippen LogP contribution in [0, 0.1) is 6.92 Å². The molecule has 0 bridgehead atoms. The number of aryl methyl sites for hydroxylation is 1. The number of para-hydroxylation sites is 1. The molecule has 7 heteroatoms. The molecule has 0 spiro atoms. The van der Waals surface area contributed by atoms with Crippen LogP contribution in [0.15, 0.2) is 35.1 Å². The third-order valence-corrected chi connectivity index (χ3v) is 6.93. The molecule has 1 atom stereocenters. The molecule has 0 aliphatic heterocycles. The summed E-state index contributed by atoms with van der Waals surface area (Å²) in [7, 11) is 0. The van der Waals surface area contributed by atoms with Crippen LogP contribution in [-0.4, -0.2) is 50.2 Å². The highest BCUT2D eigenvalue weighted by Crippen LogP contribution is 2.25. The number of carbonyl (C=O) groups excluding carboxylic acids is 1. The van der Waals surface area contributed by atoms with Gasteiger partial charge in [0.1, 0.15) is 6.54 Å². The Morgan fingerprint density at radius 2 is 2.00 bits per heavy atom. The monoisotopic (exact) mass is 437 g/mol. The highest BCUT2D eigenvalue weighted by atomic mass is 16.2. The molecule has 1 aliphatic carbocycles. The van der Waals surface area contributed by atoms with Crippen molar-refractivity contribution in [2.45, 2.75) is 77.9 Å². The molecular formula is C25H35N5O2. The lowest BCUT2D eigenvalue weighted by atomic mass is 9.93. The van der Waals surface area contributed by atoms with Gasteiger partial charge in [0, 0.05) is 42.3 Å². The number of carbonyl (C=O) groups is 1. The van der Waals surface area contributed by atoms with Gasteiger partial charge in [-0.3, -0.25) is 19.2 Å². The number of amides is 1. The van der Waals surface area contributed by atoms with Gasteiger partial charge in [0.15, 0.2) is 5.65 Å². The minimum atomic E-state index is -0.261. The van der Waals surface area contributed by atoms with E-state index in [1.165, 1.54) is 38.2 Å². The molecular weight excluding hydrogens is 402 g/mol. The zero-order chi connectivity index (χ0) is 22.7. The van der Waals surface area contributed by atoms with E-state index in [0.717, 1.165) is 29.6 Å². The molecule has 2 aromatic heterocycles. The molecule has 172 valence electrons. The second-order valence-corrected chi connectivity index (χ2v) is 9.08. The maximum Gasteiger partial charge on any atom is 0.273 e. The quantitative estimate of drug-likeness (QED) is 0.585. The molecule has 1 aromatic carbocycles. The van der Waals surface area contributed by atoms with Crippen molar-refractivity contribution >= 4 is 22.5 Å². The van der Waals surface area contributed by atoms with Crippen LogP contribution in [0.3, 0.4) is 0 Å².